The minimum Gasteiger partial charge on any atom is -0.462 e. The smallest absolute Gasteiger partial charge is 0.306 e. The Bertz CT molecular complexity index is 1020. The molecule has 1 rings (SSSR count). The summed E-state index contributed by atoms with van der Waals surface area (Å²) in [4.78, 5) is 25.2. The van der Waals surface area contributed by atoms with Crippen LogP contribution in [0.1, 0.15) is 162 Å². The van der Waals surface area contributed by atoms with Gasteiger partial charge < -0.3 is 39.4 Å². The maximum absolute atomic E-state index is 12.7. The lowest BCUT2D eigenvalue weighted by atomic mass is 9.99. The lowest BCUT2D eigenvalue weighted by Gasteiger charge is -2.39. The zero-order chi connectivity index (χ0) is 39.5. The van der Waals surface area contributed by atoms with Crippen molar-refractivity contribution in [3.05, 3.63) is 48.6 Å². The van der Waals surface area contributed by atoms with E-state index in [1.54, 1.807) is 0 Å². The fourth-order valence-electron chi connectivity index (χ4n) is 6.12. The van der Waals surface area contributed by atoms with E-state index in [9.17, 15) is 30.0 Å². The molecule has 0 aromatic heterocycles. The SMILES string of the molecule is CC/C=C\C/C=C\C/C=C\C/C=C\CCCCCCCCCCC(=O)OC(COC(=O)CCCCCCCCCC)COC1OC(CO)C(O)C(O)C1O. The number of carbonyl (C=O) groups excluding carboxylic acids is 2. The molecule has 1 aliphatic heterocycles. The predicted octanol–water partition coefficient (Wildman–Crippen LogP) is 8.49. The first kappa shape index (κ1) is 49.7. The van der Waals surface area contributed by atoms with Crippen LogP contribution in [-0.4, -0.2) is 89.0 Å². The standard InChI is InChI=1S/C44H76O10/c1-3-5-7-9-11-13-14-15-16-17-18-19-20-21-22-23-24-25-27-29-31-33-40(47)53-37(35-51-39(46)32-30-28-26-12-10-8-6-4-2)36-52-44-43(50)42(49)41(48)38(34-45)54-44/h5,7,11,13,15-16,18-19,37-38,41-45,48-50H,3-4,6,8-10,12,14,17,20-36H2,1-2H3/b7-5-,13-11-,16-15-,19-18-. The Morgan fingerprint density at radius 2 is 1.09 bits per heavy atom. The highest BCUT2D eigenvalue weighted by molar-refractivity contribution is 5.70. The van der Waals surface area contributed by atoms with Gasteiger partial charge in [-0.2, -0.15) is 0 Å². The normalized spacial score (nSPS) is 21.2. The molecule has 10 heteroatoms. The second-order valence-corrected chi connectivity index (χ2v) is 14.4. The fraction of sp³-hybridized carbons (Fsp3) is 0.773. The molecule has 4 N–H and O–H groups in total. The Labute approximate surface area is 327 Å². The van der Waals surface area contributed by atoms with Crippen molar-refractivity contribution in [2.75, 3.05) is 19.8 Å². The van der Waals surface area contributed by atoms with Crippen LogP contribution in [0, 0.1) is 0 Å². The average Bonchev–Trinajstić information content (AvgIpc) is 3.17. The van der Waals surface area contributed by atoms with Gasteiger partial charge in [-0.05, 0) is 51.4 Å². The molecule has 6 atom stereocenters. The van der Waals surface area contributed by atoms with Crippen molar-refractivity contribution in [2.45, 2.75) is 198 Å². The first-order valence-electron chi connectivity index (χ1n) is 21.2. The lowest BCUT2D eigenvalue weighted by Crippen LogP contribution is -2.59. The predicted molar refractivity (Wildman–Crippen MR) is 215 cm³/mol. The van der Waals surface area contributed by atoms with Gasteiger partial charge in [0.2, 0.25) is 0 Å². The number of rotatable bonds is 34. The topological polar surface area (TPSA) is 152 Å². The third kappa shape index (κ3) is 26.5. The van der Waals surface area contributed by atoms with E-state index in [1.165, 1.54) is 51.4 Å². The van der Waals surface area contributed by atoms with Crippen molar-refractivity contribution in [1.82, 2.24) is 0 Å². The third-order valence-corrected chi connectivity index (χ3v) is 9.48. The molecule has 0 amide bonds. The highest BCUT2D eigenvalue weighted by Gasteiger charge is 2.44. The number of allylic oxidation sites excluding steroid dienone is 8. The molecule has 0 radical (unpaired) electrons. The number of unbranched alkanes of at least 4 members (excludes halogenated alkanes) is 15. The molecular formula is C44H76O10. The number of ether oxygens (including phenoxy) is 4. The van der Waals surface area contributed by atoms with E-state index in [1.807, 2.05) is 0 Å². The van der Waals surface area contributed by atoms with Crippen molar-refractivity contribution in [3.8, 4) is 0 Å². The zero-order valence-corrected chi connectivity index (χ0v) is 33.7. The molecular weight excluding hydrogens is 688 g/mol. The van der Waals surface area contributed by atoms with Crippen LogP contribution in [0.3, 0.4) is 0 Å². The van der Waals surface area contributed by atoms with Crippen LogP contribution in [0.15, 0.2) is 48.6 Å². The monoisotopic (exact) mass is 765 g/mol. The average molecular weight is 765 g/mol. The molecule has 1 heterocycles. The van der Waals surface area contributed by atoms with Gasteiger partial charge in [0.15, 0.2) is 12.4 Å². The largest absolute Gasteiger partial charge is 0.462 e. The van der Waals surface area contributed by atoms with E-state index < -0.39 is 49.4 Å². The summed E-state index contributed by atoms with van der Waals surface area (Å²) in [5, 5.41) is 39.9. The molecule has 0 aromatic rings. The van der Waals surface area contributed by atoms with Crippen molar-refractivity contribution in [2.24, 2.45) is 0 Å². The van der Waals surface area contributed by atoms with Crippen LogP contribution in [0.25, 0.3) is 0 Å². The molecule has 0 bridgehead atoms. The van der Waals surface area contributed by atoms with E-state index in [2.05, 4.69) is 62.5 Å². The second kappa shape index (κ2) is 35.1. The van der Waals surface area contributed by atoms with Crippen LogP contribution in [0.5, 0.6) is 0 Å². The lowest BCUT2D eigenvalue weighted by molar-refractivity contribution is -0.305. The summed E-state index contributed by atoms with van der Waals surface area (Å²) >= 11 is 0. The highest BCUT2D eigenvalue weighted by atomic mass is 16.7. The van der Waals surface area contributed by atoms with E-state index in [0.717, 1.165) is 77.0 Å². The highest BCUT2D eigenvalue weighted by Crippen LogP contribution is 2.22. The molecule has 1 aliphatic rings. The Balaban J connectivity index is 2.30. The number of hydrogen-bond donors (Lipinski definition) is 4. The molecule has 0 saturated carbocycles. The van der Waals surface area contributed by atoms with Crippen molar-refractivity contribution in [1.29, 1.82) is 0 Å². The Hall–Kier alpha value is -2.34. The summed E-state index contributed by atoms with van der Waals surface area (Å²) in [6.45, 7) is 3.25. The summed E-state index contributed by atoms with van der Waals surface area (Å²) in [5.41, 5.74) is 0. The van der Waals surface area contributed by atoms with Crippen molar-refractivity contribution in [3.63, 3.8) is 0 Å². The number of carbonyl (C=O) groups is 2. The number of hydrogen-bond acceptors (Lipinski definition) is 10. The first-order chi connectivity index (χ1) is 26.3. The molecule has 0 spiro atoms. The van der Waals surface area contributed by atoms with Gasteiger partial charge in [0.1, 0.15) is 31.0 Å². The fourth-order valence-corrected chi connectivity index (χ4v) is 6.12. The summed E-state index contributed by atoms with van der Waals surface area (Å²) < 4.78 is 22.1. The van der Waals surface area contributed by atoms with Crippen molar-refractivity contribution < 1.29 is 49.0 Å². The minimum absolute atomic E-state index is 0.220. The van der Waals surface area contributed by atoms with Crippen molar-refractivity contribution >= 4 is 11.9 Å². The molecule has 1 fully saturated rings. The molecule has 6 unspecified atom stereocenters. The Kier molecular flexibility index (Phi) is 32.3. The van der Waals surface area contributed by atoms with E-state index >= 15 is 0 Å². The summed E-state index contributed by atoms with van der Waals surface area (Å²) in [7, 11) is 0. The molecule has 312 valence electrons. The molecule has 10 nitrogen and oxygen atoms in total. The quantitative estimate of drug-likeness (QED) is 0.0285. The van der Waals surface area contributed by atoms with E-state index in [0.29, 0.717) is 6.42 Å². The van der Waals surface area contributed by atoms with Gasteiger partial charge >= 0.3 is 11.9 Å². The molecule has 1 saturated heterocycles. The van der Waals surface area contributed by atoms with Gasteiger partial charge in [0.25, 0.3) is 0 Å². The van der Waals surface area contributed by atoms with Gasteiger partial charge in [0.05, 0.1) is 13.2 Å². The molecule has 0 aromatic carbocycles. The number of esters is 2. The first-order valence-corrected chi connectivity index (χ1v) is 21.2. The van der Waals surface area contributed by atoms with Crippen LogP contribution in [0.4, 0.5) is 0 Å². The molecule has 0 aliphatic carbocycles. The summed E-state index contributed by atoms with van der Waals surface area (Å²) in [6, 6.07) is 0. The van der Waals surface area contributed by atoms with Gasteiger partial charge in [0, 0.05) is 12.8 Å². The Morgan fingerprint density at radius 1 is 0.593 bits per heavy atom. The number of aliphatic hydroxyl groups excluding tert-OH is 4. The van der Waals surface area contributed by atoms with Gasteiger partial charge in [-0.15, -0.1) is 0 Å². The third-order valence-electron chi connectivity index (χ3n) is 9.48. The van der Waals surface area contributed by atoms with Crippen LogP contribution in [-0.2, 0) is 28.5 Å². The Morgan fingerprint density at radius 3 is 1.65 bits per heavy atom. The second-order valence-electron chi connectivity index (χ2n) is 14.4. The maximum Gasteiger partial charge on any atom is 0.306 e. The number of aliphatic hydroxyl groups is 4. The molecule has 54 heavy (non-hydrogen) atoms. The van der Waals surface area contributed by atoms with Crippen LogP contribution >= 0.6 is 0 Å². The van der Waals surface area contributed by atoms with Gasteiger partial charge in [-0.3, -0.25) is 9.59 Å². The zero-order valence-electron chi connectivity index (χ0n) is 33.7. The van der Waals surface area contributed by atoms with Crippen LogP contribution < -0.4 is 0 Å². The minimum atomic E-state index is -1.59. The van der Waals surface area contributed by atoms with Gasteiger partial charge in [-0.1, -0.05) is 146 Å². The maximum atomic E-state index is 12.7. The van der Waals surface area contributed by atoms with E-state index in [-0.39, 0.29) is 32.0 Å². The van der Waals surface area contributed by atoms with Gasteiger partial charge in [-0.25, -0.2) is 0 Å². The van der Waals surface area contributed by atoms with E-state index in [4.69, 9.17) is 18.9 Å². The summed E-state index contributed by atoms with van der Waals surface area (Å²) in [5.74, 6) is -0.822. The van der Waals surface area contributed by atoms with Crippen LogP contribution in [0.2, 0.25) is 0 Å². The summed E-state index contributed by atoms with van der Waals surface area (Å²) in [6.07, 6.45) is 32.8.